The Hall–Kier alpha value is -2.63. The van der Waals surface area contributed by atoms with Crippen LogP contribution in [0.1, 0.15) is 58.2 Å². The van der Waals surface area contributed by atoms with Crippen LogP contribution >= 0.6 is 0 Å². The van der Waals surface area contributed by atoms with Gasteiger partial charge in [0.15, 0.2) is 0 Å². The second-order valence-corrected chi connectivity index (χ2v) is 7.06. The minimum Gasteiger partial charge on any atom is -0.441 e. The summed E-state index contributed by atoms with van der Waals surface area (Å²) in [5.74, 6) is 1.07. The molecule has 0 fully saturated rings. The SMILES string of the molecule is CCc1c(C(C)CC)nc2nc3ccccc3n2c1OCOC(=O)C(C)C. The van der Waals surface area contributed by atoms with Crippen LogP contribution in [0.25, 0.3) is 16.8 Å². The summed E-state index contributed by atoms with van der Waals surface area (Å²) in [6, 6.07) is 7.87. The van der Waals surface area contributed by atoms with E-state index in [0.717, 1.165) is 35.1 Å². The Morgan fingerprint density at radius 1 is 1.15 bits per heavy atom. The molecule has 0 N–H and O–H groups in total. The Morgan fingerprint density at radius 3 is 2.56 bits per heavy atom. The molecule has 0 radical (unpaired) electrons. The third-order valence-corrected chi connectivity index (χ3v) is 4.83. The van der Waals surface area contributed by atoms with Crippen LogP contribution in [-0.4, -0.2) is 27.1 Å². The molecule has 0 saturated carbocycles. The number of imidazole rings is 1. The molecule has 0 aliphatic rings. The standard InChI is InChI=1S/C21H27N3O3/c1-6-14(5)18-15(7-2)19(26-12-27-20(25)13(3)4)24-17-11-9-8-10-16(17)22-21(24)23-18/h8-11,13-14H,6-7,12H2,1-5H3. The van der Waals surface area contributed by atoms with Crippen LogP contribution in [0.4, 0.5) is 0 Å². The van der Waals surface area contributed by atoms with Crippen molar-refractivity contribution in [3.8, 4) is 5.88 Å². The van der Waals surface area contributed by atoms with Crippen LogP contribution in [0.5, 0.6) is 5.88 Å². The third-order valence-electron chi connectivity index (χ3n) is 4.83. The van der Waals surface area contributed by atoms with Gasteiger partial charge in [0.2, 0.25) is 18.5 Å². The van der Waals surface area contributed by atoms with E-state index in [2.05, 4.69) is 25.8 Å². The van der Waals surface area contributed by atoms with Gasteiger partial charge >= 0.3 is 5.97 Å². The van der Waals surface area contributed by atoms with Crippen LogP contribution in [0.3, 0.4) is 0 Å². The first kappa shape index (κ1) is 19.1. The number of ether oxygens (including phenoxy) is 2. The number of hydrogen-bond acceptors (Lipinski definition) is 5. The van der Waals surface area contributed by atoms with Crippen molar-refractivity contribution in [3.63, 3.8) is 0 Å². The lowest BCUT2D eigenvalue weighted by atomic mass is 9.99. The molecule has 2 heterocycles. The summed E-state index contributed by atoms with van der Waals surface area (Å²) in [5, 5.41) is 0. The third kappa shape index (κ3) is 3.61. The highest BCUT2D eigenvalue weighted by molar-refractivity contribution is 5.80. The van der Waals surface area contributed by atoms with E-state index in [1.165, 1.54) is 0 Å². The Balaban J connectivity index is 2.15. The van der Waals surface area contributed by atoms with Gasteiger partial charge < -0.3 is 9.47 Å². The molecule has 0 aliphatic carbocycles. The zero-order valence-electron chi connectivity index (χ0n) is 16.7. The van der Waals surface area contributed by atoms with Gasteiger partial charge in [-0.1, -0.05) is 46.8 Å². The minimum absolute atomic E-state index is 0.129. The zero-order chi connectivity index (χ0) is 19.6. The van der Waals surface area contributed by atoms with E-state index >= 15 is 0 Å². The van der Waals surface area contributed by atoms with Gasteiger partial charge in [0, 0.05) is 5.56 Å². The Labute approximate surface area is 159 Å². The van der Waals surface area contributed by atoms with Gasteiger partial charge in [-0.3, -0.25) is 4.79 Å². The van der Waals surface area contributed by atoms with Crippen molar-refractivity contribution in [3.05, 3.63) is 35.5 Å². The monoisotopic (exact) mass is 369 g/mol. The lowest BCUT2D eigenvalue weighted by Gasteiger charge is -2.19. The van der Waals surface area contributed by atoms with Crippen molar-refractivity contribution >= 4 is 22.8 Å². The highest BCUT2D eigenvalue weighted by Gasteiger charge is 2.22. The summed E-state index contributed by atoms with van der Waals surface area (Å²) in [6.45, 7) is 9.85. The number of benzene rings is 1. The van der Waals surface area contributed by atoms with Crippen LogP contribution in [-0.2, 0) is 16.0 Å². The van der Waals surface area contributed by atoms with Gasteiger partial charge in [0.25, 0.3) is 0 Å². The fourth-order valence-corrected chi connectivity index (χ4v) is 3.10. The number of nitrogens with zero attached hydrogens (tertiary/aromatic N) is 3. The molecule has 3 rings (SSSR count). The zero-order valence-corrected chi connectivity index (χ0v) is 16.7. The topological polar surface area (TPSA) is 65.7 Å². The predicted octanol–water partition coefficient (Wildman–Crippen LogP) is 4.49. The number of rotatable bonds is 7. The highest BCUT2D eigenvalue weighted by Crippen LogP contribution is 2.32. The number of carbonyl (C=O) groups excluding carboxylic acids is 1. The van der Waals surface area contributed by atoms with Crippen molar-refractivity contribution in [2.45, 2.75) is 53.4 Å². The van der Waals surface area contributed by atoms with Crippen LogP contribution in [0, 0.1) is 5.92 Å². The second-order valence-electron chi connectivity index (χ2n) is 7.06. The fraction of sp³-hybridized carbons (Fsp3) is 0.476. The number of aromatic nitrogens is 3. The van der Waals surface area contributed by atoms with Crippen molar-refractivity contribution in [1.82, 2.24) is 14.4 Å². The average Bonchev–Trinajstić information content (AvgIpc) is 3.04. The number of fused-ring (bicyclic) bond motifs is 3. The largest absolute Gasteiger partial charge is 0.441 e. The highest BCUT2D eigenvalue weighted by atomic mass is 16.7. The van der Waals surface area contributed by atoms with Gasteiger partial charge in [0.05, 0.1) is 22.6 Å². The molecule has 0 spiro atoms. The van der Waals surface area contributed by atoms with Gasteiger partial charge in [-0.15, -0.1) is 0 Å². The predicted molar refractivity (Wildman–Crippen MR) is 105 cm³/mol. The molecule has 0 aliphatic heterocycles. The smallest absolute Gasteiger partial charge is 0.311 e. The average molecular weight is 369 g/mol. The number of carbonyl (C=O) groups is 1. The normalized spacial score (nSPS) is 12.7. The van der Waals surface area contributed by atoms with Gasteiger partial charge in [-0.25, -0.2) is 14.4 Å². The van der Waals surface area contributed by atoms with E-state index in [9.17, 15) is 4.79 Å². The fourth-order valence-electron chi connectivity index (χ4n) is 3.10. The molecular weight excluding hydrogens is 342 g/mol. The summed E-state index contributed by atoms with van der Waals surface area (Å²) in [6.07, 6.45) is 1.74. The summed E-state index contributed by atoms with van der Waals surface area (Å²) in [5.41, 5.74) is 3.81. The lowest BCUT2D eigenvalue weighted by molar-refractivity contribution is -0.154. The molecule has 0 amide bonds. The number of esters is 1. The molecule has 6 heteroatoms. The molecule has 2 aromatic heterocycles. The minimum atomic E-state index is -0.281. The van der Waals surface area contributed by atoms with E-state index in [1.807, 2.05) is 28.7 Å². The summed E-state index contributed by atoms with van der Waals surface area (Å²) < 4.78 is 13.2. The molecule has 0 bridgehead atoms. The molecule has 0 saturated heterocycles. The molecule has 1 unspecified atom stereocenters. The first-order chi connectivity index (χ1) is 13.0. The molecule has 144 valence electrons. The van der Waals surface area contributed by atoms with Crippen LogP contribution < -0.4 is 4.74 Å². The lowest BCUT2D eigenvalue weighted by Crippen LogP contribution is -2.18. The quantitative estimate of drug-likeness (QED) is 0.453. The second kappa shape index (κ2) is 7.94. The maximum absolute atomic E-state index is 11.8. The van der Waals surface area contributed by atoms with Gasteiger partial charge in [0.1, 0.15) is 0 Å². The van der Waals surface area contributed by atoms with Crippen molar-refractivity contribution in [1.29, 1.82) is 0 Å². The molecule has 27 heavy (non-hydrogen) atoms. The maximum atomic E-state index is 11.8. The van der Waals surface area contributed by atoms with E-state index in [4.69, 9.17) is 14.5 Å². The summed E-state index contributed by atoms with van der Waals surface area (Å²) in [4.78, 5) is 21.3. The Bertz CT molecular complexity index is 962. The first-order valence-electron chi connectivity index (χ1n) is 9.57. The summed E-state index contributed by atoms with van der Waals surface area (Å²) >= 11 is 0. The van der Waals surface area contributed by atoms with E-state index in [1.54, 1.807) is 13.8 Å². The van der Waals surface area contributed by atoms with Gasteiger partial charge in [-0.05, 0) is 30.9 Å². The first-order valence-corrected chi connectivity index (χ1v) is 9.57. The summed E-state index contributed by atoms with van der Waals surface area (Å²) in [7, 11) is 0. The molecule has 1 atom stereocenters. The van der Waals surface area contributed by atoms with Crippen molar-refractivity contribution in [2.75, 3.05) is 6.79 Å². The number of para-hydroxylation sites is 2. The van der Waals surface area contributed by atoms with Crippen molar-refractivity contribution in [2.24, 2.45) is 5.92 Å². The van der Waals surface area contributed by atoms with Crippen LogP contribution in [0.15, 0.2) is 24.3 Å². The van der Waals surface area contributed by atoms with E-state index in [-0.39, 0.29) is 24.6 Å². The van der Waals surface area contributed by atoms with Gasteiger partial charge in [-0.2, -0.15) is 0 Å². The number of hydrogen-bond donors (Lipinski definition) is 0. The van der Waals surface area contributed by atoms with Crippen molar-refractivity contribution < 1.29 is 14.3 Å². The van der Waals surface area contributed by atoms with E-state index < -0.39 is 0 Å². The maximum Gasteiger partial charge on any atom is 0.311 e. The van der Waals surface area contributed by atoms with Crippen LogP contribution in [0.2, 0.25) is 0 Å². The Morgan fingerprint density at radius 2 is 1.89 bits per heavy atom. The molecule has 6 nitrogen and oxygen atoms in total. The van der Waals surface area contributed by atoms with E-state index in [0.29, 0.717) is 11.7 Å². The molecule has 1 aromatic carbocycles. The molecule has 3 aromatic rings. The Kier molecular flexibility index (Phi) is 5.63. The molecular formula is C21H27N3O3.